The highest BCUT2D eigenvalue weighted by molar-refractivity contribution is 7.20. The van der Waals surface area contributed by atoms with Gasteiger partial charge in [-0.25, -0.2) is 9.97 Å². The highest BCUT2D eigenvalue weighted by atomic mass is 28.3. The van der Waals surface area contributed by atoms with Crippen LogP contribution in [0.2, 0.25) is 0 Å². The molecule has 0 aliphatic rings. The Morgan fingerprint density at radius 3 is 1.95 bits per heavy atom. The number of aryl methyl sites for hydroxylation is 1. The first-order valence-electron chi connectivity index (χ1n) is 18.6. The van der Waals surface area contributed by atoms with E-state index in [0.29, 0.717) is 0 Å². The van der Waals surface area contributed by atoms with E-state index < -0.39 is 8.07 Å². The summed E-state index contributed by atoms with van der Waals surface area (Å²) in [5.74, 6) is 1.83. The third-order valence-electron chi connectivity index (χ3n) is 11.3. The topological polar surface area (TPSA) is 48.8 Å². The maximum absolute atomic E-state index is 6.43. The quantitative estimate of drug-likeness (QED) is 0.127. The van der Waals surface area contributed by atoms with Gasteiger partial charge in [0.1, 0.15) is 22.8 Å². The maximum atomic E-state index is 6.43. The minimum absolute atomic E-state index is 0.877. The Morgan fingerprint density at radius 1 is 0.473 bits per heavy atom. The summed E-state index contributed by atoms with van der Waals surface area (Å²) >= 11 is 0. The normalized spacial score (nSPS) is 12.1. The minimum Gasteiger partial charge on any atom is -0.456 e. The first-order valence-corrected chi connectivity index (χ1v) is 20.6. The molecular formula is C49H34N4OSi. The van der Waals surface area contributed by atoms with Gasteiger partial charge in [0.25, 0.3) is 0 Å². The van der Waals surface area contributed by atoms with Crippen molar-refractivity contribution in [2.45, 2.75) is 0 Å². The largest absolute Gasteiger partial charge is 0.456 e. The molecule has 0 saturated heterocycles. The molecule has 0 aliphatic heterocycles. The molecule has 0 atom stereocenters. The lowest BCUT2D eigenvalue weighted by molar-refractivity contribution is 0.669. The fraction of sp³-hybridized carbons (Fsp3) is 0.0204. The van der Waals surface area contributed by atoms with Gasteiger partial charge in [0, 0.05) is 40.4 Å². The summed E-state index contributed by atoms with van der Waals surface area (Å²) in [6.07, 6.45) is 1.88. The van der Waals surface area contributed by atoms with Crippen molar-refractivity contribution in [2.75, 3.05) is 0 Å². The Hall–Kier alpha value is -7.02. The third kappa shape index (κ3) is 4.71. The minimum atomic E-state index is -2.97. The lowest BCUT2D eigenvalue weighted by Gasteiger charge is -2.34. The summed E-state index contributed by atoms with van der Waals surface area (Å²) in [6, 6.07) is 65.8. The van der Waals surface area contributed by atoms with E-state index in [0.717, 1.165) is 72.0 Å². The van der Waals surface area contributed by atoms with Crippen LogP contribution in [0.3, 0.4) is 0 Å². The van der Waals surface area contributed by atoms with E-state index in [1.165, 1.54) is 20.7 Å². The van der Waals surface area contributed by atoms with Crippen LogP contribution in [0.25, 0.3) is 72.0 Å². The predicted octanol–water partition coefficient (Wildman–Crippen LogP) is 9.01. The van der Waals surface area contributed by atoms with Gasteiger partial charge in [-0.15, -0.1) is 0 Å². The van der Waals surface area contributed by atoms with Gasteiger partial charge in [0.15, 0.2) is 8.07 Å². The molecule has 0 N–H and O–H groups in total. The molecule has 0 amide bonds. The van der Waals surface area contributed by atoms with E-state index in [4.69, 9.17) is 14.4 Å². The molecule has 4 heterocycles. The van der Waals surface area contributed by atoms with E-state index in [-0.39, 0.29) is 0 Å². The molecular weight excluding hydrogens is 689 g/mol. The van der Waals surface area contributed by atoms with Gasteiger partial charge in [-0.3, -0.25) is 4.57 Å². The predicted molar refractivity (Wildman–Crippen MR) is 229 cm³/mol. The number of benzene rings is 7. The fourth-order valence-electron chi connectivity index (χ4n) is 8.87. The van der Waals surface area contributed by atoms with E-state index in [2.05, 4.69) is 180 Å². The van der Waals surface area contributed by atoms with Crippen molar-refractivity contribution in [3.05, 3.63) is 188 Å². The number of rotatable bonds is 6. The average Bonchev–Trinajstić information content (AvgIpc) is 3.90. The van der Waals surface area contributed by atoms with Gasteiger partial charge >= 0.3 is 0 Å². The number of fused-ring (bicyclic) bond motifs is 7. The number of aromatic nitrogens is 4. The van der Waals surface area contributed by atoms with Crippen molar-refractivity contribution in [1.29, 1.82) is 0 Å². The van der Waals surface area contributed by atoms with Crippen LogP contribution in [-0.4, -0.2) is 27.2 Å². The van der Waals surface area contributed by atoms with E-state index in [1.807, 2.05) is 24.4 Å². The van der Waals surface area contributed by atoms with Crippen LogP contribution in [0.15, 0.2) is 193 Å². The zero-order chi connectivity index (χ0) is 36.5. The maximum Gasteiger partial charge on any atom is 0.179 e. The molecule has 0 spiro atoms. The summed E-state index contributed by atoms with van der Waals surface area (Å²) in [7, 11) is -0.860. The Kier molecular flexibility index (Phi) is 7.02. The molecule has 5 nitrogen and oxygen atoms in total. The van der Waals surface area contributed by atoms with Gasteiger partial charge < -0.3 is 8.98 Å². The lowest BCUT2D eigenvalue weighted by atomic mass is 10.1. The number of furan rings is 1. The monoisotopic (exact) mass is 722 g/mol. The van der Waals surface area contributed by atoms with Crippen LogP contribution < -0.4 is 20.7 Å². The molecule has 11 rings (SSSR count). The van der Waals surface area contributed by atoms with Crippen LogP contribution in [0.4, 0.5) is 0 Å². The molecule has 4 aromatic heterocycles. The van der Waals surface area contributed by atoms with Crippen molar-refractivity contribution in [3.8, 4) is 17.2 Å². The number of imidazole rings is 1. The Morgan fingerprint density at radius 2 is 1.16 bits per heavy atom. The molecule has 6 heteroatoms. The highest BCUT2D eigenvalue weighted by Gasteiger charge is 2.42. The van der Waals surface area contributed by atoms with Gasteiger partial charge in [0.05, 0.1) is 22.1 Å². The molecule has 0 bridgehead atoms. The van der Waals surface area contributed by atoms with Crippen molar-refractivity contribution >= 4 is 83.6 Å². The van der Waals surface area contributed by atoms with Crippen LogP contribution >= 0.6 is 0 Å². The van der Waals surface area contributed by atoms with E-state index >= 15 is 0 Å². The van der Waals surface area contributed by atoms with Crippen LogP contribution in [0.5, 0.6) is 0 Å². The Labute approximate surface area is 318 Å². The van der Waals surface area contributed by atoms with Crippen molar-refractivity contribution < 1.29 is 4.42 Å². The fourth-order valence-corrected chi connectivity index (χ4v) is 13.7. The summed E-state index contributed by atoms with van der Waals surface area (Å²) in [5.41, 5.74) is 7.19. The van der Waals surface area contributed by atoms with E-state index in [1.54, 1.807) is 0 Å². The van der Waals surface area contributed by atoms with Crippen LogP contribution in [0.1, 0.15) is 0 Å². The molecule has 260 valence electrons. The van der Waals surface area contributed by atoms with Gasteiger partial charge in [0.2, 0.25) is 0 Å². The van der Waals surface area contributed by atoms with Crippen molar-refractivity contribution in [3.63, 3.8) is 0 Å². The SMILES string of the molecule is Cn1c(-c2cccc([Si](c3ccccc3)(c3ccccc3)c3ccc4c5cc6oc7ccccc7c6cc5n(-c5ccccn5)c4c3)c2)nc2ccccc21. The summed E-state index contributed by atoms with van der Waals surface area (Å²) in [6.45, 7) is 0. The van der Waals surface area contributed by atoms with Gasteiger partial charge in [-0.2, -0.15) is 0 Å². The molecule has 0 fully saturated rings. The Balaban J connectivity index is 1.24. The lowest BCUT2D eigenvalue weighted by Crippen LogP contribution is -2.74. The second kappa shape index (κ2) is 12.3. The Bertz CT molecular complexity index is 3180. The summed E-state index contributed by atoms with van der Waals surface area (Å²) < 4.78 is 11.0. The molecule has 7 aromatic carbocycles. The van der Waals surface area contributed by atoms with E-state index in [9.17, 15) is 0 Å². The smallest absolute Gasteiger partial charge is 0.179 e. The molecule has 55 heavy (non-hydrogen) atoms. The first kappa shape index (κ1) is 31.5. The van der Waals surface area contributed by atoms with Crippen molar-refractivity contribution in [1.82, 2.24) is 19.1 Å². The van der Waals surface area contributed by atoms with Gasteiger partial charge in [-0.1, -0.05) is 133 Å². The number of hydrogen-bond acceptors (Lipinski definition) is 3. The number of para-hydroxylation sites is 3. The van der Waals surface area contributed by atoms with Crippen LogP contribution in [-0.2, 0) is 7.05 Å². The second-order valence-corrected chi connectivity index (χ2v) is 18.1. The molecule has 0 aliphatic carbocycles. The molecule has 0 saturated carbocycles. The summed E-state index contributed by atoms with van der Waals surface area (Å²) in [5, 5.41) is 9.70. The third-order valence-corrected chi connectivity index (χ3v) is 16.1. The average molecular weight is 723 g/mol. The zero-order valence-corrected chi connectivity index (χ0v) is 31.1. The standard InChI is InChI=1S/C49H34N4OSi/c1-52-43-23-10-9-22-42(43)51-49(52)33-15-14-20-36(29-33)55(34-16-4-2-5-17-34,35-18-6-3-7-19-35)37-26-27-38-40-32-47-41(39-21-8-11-24-46(39)54-47)31-45(40)53(44(38)30-37)48-25-12-13-28-50-48/h2-32H,1H3. The first-order chi connectivity index (χ1) is 27.2. The molecule has 0 radical (unpaired) electrons. The van der Waals surface area contributed by atoms with Crippen molar-refractivity contribution in [2.24, 2.45) is 7.05 Å². The van der Waals surface area contributed by atoms with Crippen LogP contribution in [0, 0.1) is 0 Å². The number of pyridine rings is 1. The molecule has 11 aromatic rings. The zero-order valence-electron chi connectivity index (χ0n) is 30.1. The second-order valence-electron chi connectivity index (χ2n) is 14.3. The number of nitrogens with zero attached hydrogens (tertiary/aromatic N) is 4. The van der Waals surface area contributed by atoms with Gasteiger partial charge in [-0.05, 0) is 69.3 Å². The number of hydrogen-bond donors (Lipinski definition) is 0. The summed E-state index contributed by atoms with van der Waals surface area (Å²) in [4.78, 5) is 10.1. The molecule has 0 unspecified atom stereocenters. The highest BCUT2D eigenvalue weighted by Crippen LogP contribution is 2.38.